The molecule has 0 aliphatic rings. The maximum absolute atomic E-state index is 14.3. The van der Waals surface area contributed by atoms with Crippen LogP contribution in [-0.4, -0.2) is 25.8 Å². The lowest BCUT2D eigenvalue weighted by atomic mass is 10.1. The molecule has 0 aliphatic carbocycles. The maximum Gasteiger partial charge on any atom is 0.305 e. The zero-order valence-corrected chi connectivity index (χ0v) is 17.2. The summed E-state index contributed by atoms with van der Waals surface area (Å²) in [6, 6.07) is 4.38. The van der Waals surface area contributed by atoms with Crippen molar-refractivity contribution in [3.05, 3.63) is 40.1 Å². The largest absolute Gasteiger partial charge is 0.488 e. The molecule has 7 heteroatoms. The zero-order valence-electron chi connectivity index (χ0n) is 16.4. The second-order valence-corrected chi connectivity index (χ2v) is 7.73. The monoisotopic (exact) mass is 412 g/mol. The van der Waals surface area contributed by atoms with Gasteiger partial charge in [0.2, 0.25) is 0 Å². The molecule has 0 amide bonds. The molecule has 0 fully saturated rings. The quantitative estimate of drug-likeness (QED) is 0.357. The first-order chi connectivity index (χ1) is 13.4. The number of rotatable bonds is 11. The molecule has 4 nitrogen and oxygen atoms in total. The number of esters is 1. The molecule has 1 aromatic heterocycles. The van der Waals surface area contributed by atoms with E-state index in [1.807, 2.05) is 11.4 Å². The van der Waals surface area contributed by atoms with Crippen LogP contribution in [0.1, 0.15) is 38.5 Å². The van der Waals surface area contributed by atoms with Gasteiger partial charge in [-0.1, -0.05) is 13.8 Å². The zero-order chi connectivity index (χ0) is 20.5. The van der Waals surface area contributed by atoms with Gasteiger partial charge in [-0.25, -0.2) is 8.78 Å². The Morgan fingerprint density at radius 1 is 1.14 bits per heavy atom. The number of benzene rings is 1. The van der Waals surface area contributed by atoms with Crippen LogP contribution in [0.2, 0.25) is 0 Å². The van der Waals surface area contributed by atoms with Gasteiger partial charge in [-0.2, -0.15) is 0 Å². The van der Waals surface area contributed by atoms with E-state index >= 15 is 0 Å². The van der Waals surface area contributed by atoms with Crippen LogP contribution < -0.4 is 4.74 Å². The lowest BCUT2D eigenvalue weighted by Crippen LogP contribution is -2.08. The number of halogens is 2. The molecule has 2 rings (SSSR count). The predicted molar refractivity (Wildman–Crippen MR) is 106 cm³/mol. The van der Waals surface area contributed by atoms with Crippen molar-refractivity contribution in [1.29, 1.82) is 0 Å². The van der Waals surface area contributed by atoms with Crippen molar-refractivity contribution in [3.63, 3.8) is 0 Å². The number of carbonyl (C=O) groups is 1. The first-order valence-electron chi connectivity index (χ1n) is 9.33. The molecule has 1 aromatic carbocycles. The number of hydrogen-bond acceptors (Lipinski definition) is 5. The lowest BCUT2D eigenvalue weighted by molar-refractivity contribution is -0.143. The molecule has 0 unspecified atom stereocenters. The van der Waals surface area contributed by atoms with Crippen LogP contribution >= 0.6 is 11.3 Å². The summed E-state index contributed by atoms with van der Waals surface area (Å²) in [5.41, 5.74) is 1.18. The van der Waals surface area contributed by atoms with Gasteiger partial charge in [0, 0.05) is 17.9 Å². The second kappa shape index (κ2) is 11.1. The van der Waals surface area contributed by atoms with Gasteiger partial charge in [0.1, 0.15) is 0 Å². The molecule has 0 atom stereocenters. The summed E-state index contributed by atoms with van der Waals surface area (Å²) in [4.78, 5) is 12.3. The summed E-state index contributed by atoms with van der Waals surface area (Å²) in [7, 11) is 0. The fourth-order valence-electron chi connectivity index (χ4n) is 2.49. The fourth-order valence-corrected chi connectivity index (χ4v) is 3.32. The van der Waals surface area contributed by atoms with Crippen molar-refractivity contribution in [3.8, 4) is 16.9 Å². The van der Waals surface area contributed by atoms with Crippen molar-refractivity contribution < 1.29 is 27.8 Å². The summed E-state index contributed by atoms with van der Waals surface area (Å²) in [6.07, 6.45) is 0.468. The molecule has 28 heavy (non-hydrogen) atoms. The molecular formula is C21H26F2O4S. The Bertz CT molecular complexity index is 751. The number of thiophene rings is 1. The van der Waals surface area contributed by atoms with Crippen LogP contribution in [0, 0.1) is 17.6 Å². The Balaban J connectivity index is 1.95. The van der Waals surface area contributed by atoms with Gasteiger partial charge in [-0.3, -0.25) is 4.79 Å². The van der Waals surface area contributed by atoms with Gasteiger partial charge in [0.15, 0.2) is 17.4 Å². The van der Waals surface area contributed by atoms with Crippen LogP contribution in [-0.2, 0) is 20.9 Å². The third-order valence-corrected chi connectivity index (χ3v) is 4.67. The minimum Gasteiger partial charge on any atom is -0.488 e. The van der Waals surface area contributed by atoms with E-state index in [9.17, 15) is 13.6 Å². The van der Waals surface area contributed by atoms with Crippen LogP contribution in [0.5, 0.6) is 5.75 Å². The smallest absolute Gasteiger partial charge is 0.305 e. The van der Waals surface area contributed by atoms with Crippen molar-refractivity contribution in [2.45, 2.75) is 40.2 Å². The van der Waals surface area contributed by atoms with Crippen LogP contribution in [0.15, 0.2) is 23.6 Å². The molecule has 154 valence electrons. The minimum absolute atomic E-state index is 0.0296. The van der Waals surface area contributed by atoms with E-state index in [1.165, 1.54) is 23.5 Å². The van der Waals surface area contributed by atoms with Crippen LogP contribution in [0.25, 0.3) is 11.1 Å². The molecule has 0 saturated heterocycles. The molecule has 0 saturated carbocycles. The second-order valence-electron chi connectivity index (χ2n) is 6.74. The Hall–Kier alpha value is -1.99. The average molecular weight is 412 g/mol. The number of ether oxygens (including phenoxy) is 3. The van der Waals surface area contributed by atoms with Gasteiger partial charge in [-0.05, 0) is 54.0 Å². The van der Waals surface area contributed by atoms with Gasteiger partial charge < -0.3 is 14.2 Å². The molecule has 1 heterocycles. The van der Waals surface area contributed by atoms with E-state index in [0.717, 1.165) is 10.4 Å². The predicted octanol–water partition coefficient (Wildman–Crippen LogP) is 5.59. The Kier molecular flexibility index (Phi) is 8.86. The third kappa shape index (κ3) is 6.87. The maximum atomic E-state index is 14.3. The summed E-state index contributed by atoms with van der Waals surface area (Å²) in [6.45, 7) is 7.35. The normalized spacial score (nSPS) is 11.1. The molecular weight excluding hydrogens is 386 g/mol. The molecule has 2 aromatic rings. The summed E-state index contributed by atoms with van der Waals surface area (Å²) in [5, 5.41) is 1.85. The molecule has 0 bridgehead atoms. The van der Waals surface area contributed by atoms with Crippen LogP contribution in [0.4, 0.5) is 8.78 Å². The van der Waals surface area contributed by atoms with Gasteiger partial charge in [-0.15, -0.1) is 11.3 Å². The van der Waals surface area contributed by atoms with Gasteiger partial charge in [0.25, 0.3) is 0 Å². The number of carbonyl (C=O) groups excluding carboxylic acids is 1. The molecule has 0 N–H and O–H groups in total. The van der Waals surface area contributed by atoms with Gasteiger partial charge in [0.05, 0.1) is 19.8 Å². The fraction of sp³-hybridized carbons (Fsp3) is 0.476. The Morgan fingerprint density at radius 2 is 1.86 bits per heavy atom. The summed E-state index contributed by atoms with van der Waals surface area (Å²) >= 11 is 1.49. The SMILES string of the molecule is CCOC(=O)CCCOc1c(F)cc(-c2csc(COCC(C)C)c2)cc1F. The third-order valence-electron chi connectivity index (χ3n) is 3.76. The minimum atomic E-state index is -0.769. The molecule has 0 aliphatic heterocycles. The highest BCUT2D eigenvalue weighted by molar-refractivity contribution is 7.10. The van der Waals surface area contributed by atoms with E-state index < -0.39 is 17.4 Å². The first-order valence-corrected chi connectivity index (χ1v) is 10.2. The molecule has 0 spiro atoms. The van der Waals surface area contributed by atoms with Crippen molar-refractivity contribution in [2.75, 3.05) is 19.8 Å². The van der Waals surface area contributed by atoms with E-state index in [-0.39, 0.29) is 19.0 Å². The molecule has 0 radical (unpaired) electrons. The first kappa shape index (κ1) is 22.3. The summed E-state index contributed by atoms with van der Waals surface area (Å²) < 4.78 is 44.2. The van der Waals surface area contributed by atoms with E-state index in [2.05, 4.69) is 13.8 Å². The highest BCUT2D eigenvalue weighted by Gasteiger charge is 2.15. The van der Waals surface area contributed by atoms with E-state index in [1.54, 1.807) is 6.92 Å². The van der Waals surface area contributed by atoms with Crippen molar-refractivity contribution >= 4 is 17.3 Å². The van der Waals surface area contributed by atoms with Crippen molar-refractivity contribution in [1.82, 2.24) is 0 Å². The number of hydrogen-bond donors (Lipinski definition) is 0. The van der Waals surface area contributed by atoms with E-state index in [0.29, 0.717) is 37.7 Å². The Morgan fingerprint density at radius 3 is 2.50 bits per heavy atom. The summed E-state index contributed by atoms with van der Waals surface area (Å²) in [5.74, 6) is -1.87. The standard InChI is InChI=1S/C21H26F2O4S/c1-4-26-20(24)6-5-7-27-21-18(22)9-15(10-19(21)23)16-8-17(28-13-16)12-25-11-14(2)3/h8-10,13-14H,4-7,11-12H2,1-3H3. The van der Waals surface area contributed by atoms with Crippen LogP contribution in [0.3, 0.4) is 0 Å². The van der Waals surface area contributed by atoms with Crippen molar-refractivity contribution in [2.24, 2.45) is 5.92 Å². The average Bonchev–Trinajstić information content (AvgIpc) is 3.09. The highest BCUT2D eigenvalue weighted by Crippen LogP contribution is 2.32. The highest BCUT2D eigenvalue weighted by atomic mass is 32.1. The van der Waals surface area contributed by atoms with E-state index in [4.69, 9.17) is 14.2 Å². The van der Waals surface area contributed by atoms with Gasteiger partial charge >= 0.3 is 5.97 Å². The lowest BCUT2D eigenvalue weighted by Gasteiger charge is -2.10. The topological polar surface area (TPSA) is 44.8 Å². The Labute approximate surface area is 168 Å².